The highest BCUT2D eigenvalue weighted by atomic mass is 16.4. The summed E-state index contributed by atoms with van der Waals surface area (Å²) in [5.41, 5.74) is 0.558. The van der Waals surface area contributed by atoms with Crippen molar-refractivity contribution in [2.24, 2.45) is 0 Å². The summed E-state index contributed by atoms with van der Waals surface area (Å²) in [6.45, 7) is 0. The second kappa shape index (κ2) is 2.30. The van der Waals surface area contributed by atoms with Crippen molar-refractivity contribution in [3.8, 4) is 0 Å². The zero-order valence-electron chi connectivity index (χ0n) is 5.98. The van der Waals surface area contributed by atoms with Gasteiger partial charge in [-0.05, 0) is 12.1 Å². The lowest BCUT2D eigenvalue weighted by Crippen LogP contribution is -2.01. The minimum Gasteiger partial charge on any atom is -0.476 e. The molecule has 0 bridgehead atoms. The van der Waals surface area contributed by atoms with Crippen LogP contribution in [-0.2, 0) is 0 Å². The van der Waals surface area contributed by atoms with E-state index in [9.17, 15) is 4.79 Å². The van der Waals surface area contributed by atoms with Gasteiger partial charge in [0.15, 0.2) is 11.3 Å². The van der Waals surface area contributed by atoms with E-state index in [0.29, 0.717) is 5.65 Å². The van der Waals surface area contributed by atoms with E-state index in [1.165, 1.54) is 6.07 Å². The molecule has 0 aliphatic rings. The first-order chi connectivity index (χ1) is 5.77. The van der Waals surface area contributed by atoms with Crippen LogP contribution in [0.25, 0.3) is 11.0 Å². The Bertz CT molecular complexity index is 435. The Hall–Kier alpha value is -1.91. The summed E-state index contributed by atoms with van der Waals surface area (Å²) >= 11 is 0. The molecule has 0 amide bonds. The number of carbonyl (C=O) groups is 1. The van der Waals surface area contributed by atoms with Gasteiger partial charge >= 0.3 is 5.97 Å². The fourth-order valence-corrected chi connectivity index (χ4v) is 0.960. The molecule has 5 heteroatoms. The Labute approximate surface area is 67.1 Å². The van der Waals surface area contributed by atoms with E-state index in [4.69, 9.17) is 5.11 Å². The number of nitrogens with zero attached hydrogens (tertiary/aromatic N) is 2. The van der Waals surface area contributed by atoms with E-state index in [-0.39, 0.29) is 5.69 Å². The molecule has 0 spiro atoms. The molecule has 0 saturated heterocycles. The molecule has 0 aliphatic heterocycles. The van der Waals surface area contributed by atoms with Gasteiger partial charge in [0.25, 0.3) is 0 Å². The van der Waals surface area contributed by atoms with Crippen molar-refractivity contribution >= 4 is 17.0 Å². The summed E-state index contributed by atoms with van der Waals surface area (Å²) in [5.74, 6) is -1.06. The standard InChI is InChI=1S/C7H5N3O2/c11-7(12)5-3-4-1-2-8-6(4)10-9-5/h1-3H,(H,8,10)(H,11,12). The second-order valence-corrected chi connectivity index (χ2v) is 2.32. The van der Waals surface area contributed by atoms with Crippen molar-refractivity contribution in [1.82, 2.24) is 15.2 Å². The van der Waals surface area contributed by atoms with Crippen LogP contribution in [0.4, 0.5) is 0 Å². The van der Waals surface area contributed by atoms with E-state index >= 15 is 0 Å². The number of carboxylic acids is 1. The Morgan fingerprint density at radius 1 is 1.50 bits per heavy atom. The van der Waals surface area contributed by atoms with E-state index in [1.807, 2.05) is 0 Å². The van der Waals surface area contributed by atoms with Crippen molar-refractivity contribution in [3.05, 3.63) is 24.0 Å². The Morgan fingerprint density at radius 3 is 3.08 bits per heavy atom. The van der Waals surface area contributed by atoms with E-state index in [0.717, 1.165) is 5.39 Å². The van der Waals surface area contributed by atoms with Crippen molar-refractivity contribution in [2.75, 3.05) is 0 Å². The average molecular weight is 163 g/mol. The summed E-state index contributed by atoms with van der Waals surface area (Å²) in [4.78, 5) is 13.3. The number of aromatic amines is 1. The predicted molar refractivity (Wildman–Crippen MR) is 40.8 cm³/mol. The summed E-state index contributed by atoms with van der Waals surface area (Å²) in [5, 5.41) is 16.5. The predicted octanol–water partition coefficient (Wildman–Crippen LogP) is 0.656. The van der Waals surface area contributed by atoms with Gasteiger partial charge < -0.3 is 10.1 Å². The largest absolute Gasteiger partial charge is 0.476 e. The fraction of sp³-hybridized carbons (Fsp3) is 0. The molecule has 0 radical (unpaired) electrons. The van der Waals surface area contributed by atoms with Crippen molar-refractivity contribution < 1.29 is 9.90 Å². The van der Waals surface area contributed by atoms with E-state index in [2.05, 4.69) is 15.2 Å². The van der Waals surface area contributed by atoms with Gasteiger partial charge in [-0.2, -0.15) is 0 Å². The van der Waals surface area contributed by atoms with Crippen LogP contribution in [-0.4, -0.2) is 26.3 Å². The molecule has 12 heavy (non-hydrogen) atoms. The molecule has 0 atom stereocenters. The van der Waals surface area contributed by atoms with Crippen molar-refractivity contribution in [1.29, 1.82) is 0 Å². The van der Waals surface area contributed by atoms with E-state index < -0.39 is 5.97 Å². The number of carboxylic acid groups (broad SMARTS) is 1. The minimum atomic E-state index is -1.06. The third kappa shape index (κ3) is 0.914. The number of hydrogen-bond acceptors (Lipinski definition) is 3. The molecule has 2 rings (SSSR count). The van der Waals surface area contributed by atoms with Gasteiger partial charge in [0.2, 0.25) is 0 Å². The molecule has 0 aliphatic carbocycles. The molecular weight excluding hydrogens is 158 g/mol. The molecule has 0 saturated carbocycles. The van der Waals surface area contributed by atoms with Crippen LogP contribution in [0.3, 0.4) is 0 Å². The van der Waals surface area contributed by atoms with Crippen molar-refractivity contribution in [3.63, 3.8) is 0 Å². The number of rotatable bonds is 1. The lowest BCUT2D eigenvalue weighted by Gasteiger charge is -1.90. The Kier molecular flexibility index (Phi) is 1.30. The number of fused-ring (bicyclic) bond motifs is 1. The van der Waals surface area contributed by atoms with Crippen LogP contribution in [0.15, 0.2) is 18.3 Å². The Balaban J connectivity index is 2.68. The molecule has 0 fully saturated rings. The summed E-state index contributed by atoms with van der Waals surface area (Å²) < 4.78 is 0. The first-order valence-corrected chi connectivity index (χ1v) is 3.31. The maximum absolute atomic E-state index is 10.5. The van der Waals surface area contributed by atoms with Crippen LogP contribution >= 0.6 is 0 Å². The zero-order chi connectivity index (χ0) is 8.55. The monoisotopic (exact) mass is 163 g/mol. The van der Waals surface area contributed by atoms with Gasteiger partial charge in [-0.1, -0.05) is 0 Å². The summed E-state index contributed by atoms with van der Waals surface area (Å²) in [6, 6.07) is 3.22. The number of hydrogen-bond donors (Lipinski definition) is 2. The van der Waals surface area contributed by atoms with Gasteiger partial charge in [-0.15, -0.1) is 10.2 Å². The lowest BCUT2D eigenvalue weighted by atomic mass is 10.3. The molecule has 60 valence electrons. The number of aromatic nitrogens is 3. The highest BCUT2D eigenvalue weighted by Crippen LogP contribution is 2.08. The third-order valence-corrected chi connectivity index (χ3v) is 1.53. The van der Waals surface area contributed by atoms with Crippen molar-refractivity contribution in [2.45, 2.75) is 0 Å². The maximum Gasteiger partial charge on any atom is 0.356 e. The SMILES string of the molecule is O=C(O)c1cc2cc[nH]c2nn1. The smallest absolute Gasteiger partial charge is 0.356 e. The normalized spacial score (nSPS) is 10.3. The van der Waals surface area contributed by atoms with Crippen LogP contribution in [0.1, 0.15) is 10.5 Å². The number of H-pyrrole nitrogens is 1. The molecule has 5 nitrogen and oxygen atoms in total. The van der Waals surface area contributed by atoms with Gasteiger partial charge in [-0.25, -0.2) is 4.79 Å². The molecule has 0 unspecified atom stereocenters. The number of nitrogens with one attached hydrogen (secondary N) is 1. The highest BCUT2D eigenvalue weighted by molar-refractivity contribution is 5.89. The van der Waals surface area contributed by atoms with Crippen LogP contribution in [0, 0.1) is 0 Å². The second-order valence-electron chi connectivity index (χ2n) is 2.32. The van der Waals surface area contributed by atoms with Crippen LogP contribution < -0.4 is 0 Å². The highest BCUT2D eigenvalue weighted by Gasteiger charge is 2.06. The zero-order valence-corrected chi connectivity index (χ0v) is 5.98. The molecule has 0 aromatic carbocycles. The molecular formula is C7H5N3O2. The lowest BCUT2D eigenvalue weighted by molar-refractivity contribution is 0.0689. The fourth-order valence-electron chi connectivity index (χ4n) is 0.960. The topological polar surface area (TPSA) is 78.9 Å². The van der Waals surface area contributed by atoms with Crippen LogP contribution in [0.2, 0.25) is 0 Å². The Morgan fingerprint density at radius 2 is 2.33 bits per heavy atom. The van der Waals surface area contributed by atoms with Gasteiger partial charge in [0.05, 0.1) is 0 Å². The quantitative estimate of drug-likeness (QED) is 0.647. The first kappa shape index (κ1) is 6.78. The summed E-state index contributed by atoms with van der Waals surface area (Å²) in [6.07, 6.45) is 1.69. The van der Waals surface area contributed by atoms with Crippen LogP contribution in [0.5, 0.6) is 0 Å². The summed E-state index contributed by atoms with van der Waals surface area (Å²) in [7, 11) is 0. The van der Waals surface area contributed by atoms with Gasteiger partial charge in [-0.3, -0.25) is 0 Å². The molecule has 2 aromatic heterocycles. The third-order valence-electron chi connectivity index (χ3n) is 1.53. The molecule has 2 heterocycles. The molecule has 2 N–H and O–H groups in total. The molecule has 2 aromatic rings. The average Bonchev–Trinajstić information content (AvgIpc) is 2.49. The number of aromatic carboxylic acids is 1. The first-order valence-electron chi connectivity index (χ1n) is 3.31. The van der Waals surface area contributed by atoms with E-state index in [1.54, 1.807) is 12.3 Å². The van der Waals surface area contributed by atoms with Gasteiger partial charge in [0.1, 0.15) is 0 Å². The maximum atomic E-state index is 10.5. The van der Waals surface area contributed by atoms with Gasteiger partial charge in [0, 0.05) is 11.6 Å². The minimum absolute atomic E-state index is 0.0397.